The Bertz CT molecular complexity index is 104. The van der Waals surface area contributed by atoms with Gasteiger partial charge in [0.2, 0.25) is 0 Å². The average Bonchev–Trinajstić information content (AvgIpc) is 2.12. The van der Waals surface area contributed by atoms with Crippen LogP contribution in [0, 0.1) is 0 Å². The molecular weight excluding hydrogens is 160 g/mol. The van der Waals surface area contributed by atoms with Crippen LogP contribution in [0.4, 0.5) is 0 Å². The van der Waals surface area contributed by atoms with E-state index in [1.165, 1.54) is 25.8 Å². The third kappa shape index (κ3) is 7.03. The first-order chi connectivity index (χ1) is 6.22. The molecule has 1 atom stereocenters. The maximum Gasteiger partial charge on any atom is 0.00637 e. The van der Waals surface area contributed by atoms with Gasteiger partial charge in [0.25, 0.3) is 0 Å². The molecule has 0 aromatic rings. The van der Waals surface area contributed by atoms with Gasteiger partial charge in [-0.05, 0) is 46.4 Å². The molecule has 0 bridgehead atoms. The van der Waals surface area contributed by atoms with Crippen LogP contribution < -0.4 is 5.32 Å². The number of rotatable bonds is 8. The summed E-state index contributed by atoms with van der Waals surface area (Å²) in [6.07, 6.45) is 3.87. The van der Waals surface area contributed by atoms with Crippen LogP contribution in [-0.2, 0) is 0 Å². The van der Waals surface area contributed by atoms with Crippen molar-refractivity contribution in [1.29, 1.82) is 0 Å². The minimum absolute atomic E-state index is 0.742. The lowest BCUT2D eigenvalue weighted by atomic mass is 10.1. The fraction of sp³-hybridized carbons (Fsp3) is 1.00. The van der Waals surface area contributed by atoms with E-state index in [9.17, 15) is 0 Å². The molecule has 0 aromatic heterocycles. The molecule has 2 heteroatoms. The Morgan fingerprint density at radius 1 is 1.31 bits per heavy atom. The molecule has 0 radical (unpaired) electrons. The monoisotopic (exact) mass is 186 g/mol. The summed E-state index contributed by atoms with van der Waals surface area (Å²) in [6, 6.07) is 0.742. The van der Waals surface area contributed by atoms with Crippen LogP contribution in [0.15, 0.2) is 0 Å². The lowest BCUT2D eigenvalue weighted by Crippen LogP contribution is -2.31. The van der Waals surface area contributed by atoms with E-state index in [4.69, 9.17) is 0 Å². The predicted molar refractivity (Wildman–Crippen MR) is 60.2 cm³/mol. The van der Waals surface area contributed by atoms with Gasteiger partial charge >= 0.3 is 0 Å². The van der Waals surface area contributed by atoms with Crippen molar-refractivity contribution >= 4 is 0 Å². The SMILES string of the molecule is CCCC(C)N(C)CCCNCC. The number of nitrogens with zero attached hydrogens (tertiary/aromatic N) is 1. The first kappa shape index (κ1) is 12.9. The third-order valence-electron chi connectivity index (χ3n) is 2.57. The second-order valence-corrected chi connectivity index (χ2v) is 3.83. The van der Waals surface area contributed by atoms with Crippen molar-refractivity contribution in [2.75, 3.05) is 26.7 Å². The van der Waals surface area contributed by atoms with E-state index >= 15 is 0 Å². The molecule has 0 spiro atoms. The largest absolute Gasteiger partial charge is 0.317 e. The van der Waals surface area contributed by atoms with Gasteiger partial charge in [-0.1, -0.05) is 20.3 Å². The molecule has 0 fully saturated rings. The van der Waals surface area contributed by atoms with Crippen molar-refractivity contribution in [1.82, 2.24) is 10.2 Å². The van der Waals surface area contributed by atoms with Crippen LogP contribution in [0.2, 0.25) is 0 Å². The topological polar surface area (TPSA) is 15.3 Å². The Balaban J connectivity index is 3.32. The predicted octanol–water partition coefficient (Wildman–Crippen LogP) is 2.11. The highest BCUT2D eigenvalue weighted by molar-refractivity contribution is 4.62. The van der Waals surface area contributed by atoms with Crippen LogP contribution in [-0.4, -0.2) is 37.6 Å². The van der Waals surface area contributed by atoms with Gasteiger partial charge in [-0.3, -0.25) is 0 Å². The average molecular weight is 186 g/mol. The molecule has 0 aromatic carbocycles. The normalized spacial score (nSPS) is 13.6. The standard InChI is InChI=1S/C11H26N2/c1-5-8-11(3)13(4)10-7-9-12-6-2/h11-12H,5-10H2,1-4H3. The Morgan fingerprint density at radius 2 is 2.00 bits per heavy atom. The van der Waals surface area contributed by atoms with Crippen LogP contribution in [0.5, 0.6) is 0 Å². The summed E-state index contributed by atoms with van der Waals surface area (Å²) in [7, 11) is 2.23. The summed E-state index contributed by atoms with van der Waals surface area (Å²) in [5, 5.41) is 3.35. The molecule has 0 aliphatic carbocycles. The van der Waals surface area contributed by atoms with Gasteiger partial charge in [0.1, 0.15) is 0 Å². The first-order valence-corrected chi connectivity index (χ1v) is 5.63. The van der Waals surface area contributed by atoms with Crippen molar-refractivity contribution in [3.8, 4) is 0 Å². The second-order valence-electron chi connectivity index (χ2n) is 3.83. The molecule has 0 heterocycles. The van der Waals surface area contributed by atoms with E-state index in [2.05, 4.69) is 38.0 Å². The van der Waals surface area contributed by atoms with Crippen molar-refractivity contribution in [3.05, 3.63) is 0 Å². The first-order valence-electron chi connectivity index (χ1n) is 5.63. The Kier molecular flexibility index (Phi) is 8.46. The molecule has 13 heavy (non-hydrogen) atoms. The van der Waals surface area contributed by atoms with E-state index < -0.39 is 0 Å². The fourth-order valence-electron chi connectivity index (χ4n) is 1.49. The van der Waals surface area contributed by atoms with Gasteiger partial charge in [0, 0.05) is 6.04 Å². The summed E-state index contributed by atoms with van der Waals surface area (Å²) in [5.74, 6) is 0. The lowest BCUT2D eigenvalue weighted by Gasteiger charge is -2.24. The summed E-state index contributed by atoms with van der Waals surface area (Å²) in [5.41, 5.74) is 0. The van der Waals surface area contributed by atoms with E-state index in [-0.39, 0.29) is 0 Å². The van der Waals surface area contributed by atoms with E-state index in [1.807, 2.05) is 0 Å². The molecule has 0 aliphatic rings. The van der Waals surface area contributed by atoms with Crippen molar-refractivity contribution < 1.29 is 0 Å². The van der Waals surface area contributed by atoms with Crippen molar-refractivity contribution in [2.24, 2.45) is 0 Å². The molecular formula is C11H26N2. The van der Waals surface area contributed by atoms with Gasteiger partial charge in [-0.2, -0.15) is 0 Å². The highest BCUT2D eigenvalue weighted by atomic mass is 15.1. The van der Waals surface area contributed by atoms with Crippen LogP contribution in [0.1, 0.15) is 40.0 Å². The van der Waals surface area contributed by atoms with E-state index in [0.29, 0.717) is 0 Å². The Labute approximate surface area is 83.7 Å². The second kappa shape index (κ2) is 8.52. The highest BCUT2D eigenvalue weighted by Crippen LogP contribution is 2.03. The number of hydrogen-bond acceptors (Lipinski definition) is 2. The van der Waals surface area contributed by atoms with Gasteiger partial charge in [-0.25, -0.2) is 0 Å². The fourth-order valence-corrected chi connectivity index (χ4v) is 1.49. The molecule has 0 rings (SSSR count). The highest BCUT2D eigenvalue weighted by Gasteiger charge is 2.06. The minimum atomic E-state index is 0.742. The molecule has 1 N–H and O–H groups in total. The van der Waals surface area contributed by atoms with Crippen LogP contribution >= 0.6 is 0 Å². The third-order valence-corrected chi connectivity index (χ3v) is 2.57. The zero-order chi connectivity index (χ0) is 10.1. The van der Waals surface area contributed by atoms with Gasteiger partial charge < -0.3 is 10.2 Å². The smallest absolute Gasteiger partial charge is 0.00637 e. The summed E-state index contributed by atoms with van der Waals surface area (Å²) in [4.78, 5) is 2.46. The molecule has 0 aliphatic heterocycles. The maximum absolute atomic E-state index is 3.35. The lowest BCUT2D eigenvalue weighted by molar-refractivity contribution is 0.241. The maximum atomic E-state index is 3.35. The molecule has 0 saturated heterocycles. The molecule has 80 valence electrons. The Hall–Kier alpha value is -0.0800. The quantitative estimate of drug-likeness (QED) is 0.584. The summed E-state index contributed by atoms with van der Waals surface area (Å²) in [6.45, 7) is 10.2. The zero-order valence-electron chi connectivity index (χ0n) is 9.77. The molecule has 2 nitrogen and oxygen atoms in total. The minimum Gasteiger partial charge on any atom is -0.317 e. The van der Waals surface area contributed by atoms with Crippen LogP contribution in [0.3, 0.4) is 0 Å². The number of nitrogens with one attached hydrogen (secondary N) is 1. The molecule has 0 saturated carbocycles. The van der Waals surface area contributed by atoms with Gasteiger partial charge in [0.15, 0.2) is 0 Å². The number of hydrogen-bond donors (Lipinski definition) is 1. The molecule has 0 amide bonds. The van der Waals surface area contributed by atoms with Crippen molar-refractivity contribution in [2.45, 2.75) is 46.1 Å². The summed E-state index contributed by atoms with van der Waals surface area (Å²) >= 11 is 0. The van der Waals surface area contributed by atoms with E-state index in [1.54, 1.807) is 0 Å². The van der Waals surface area contributed by atoms with Crippen LogP contribution in [0.25, 0.3) is 0 Å². The zero-order valence-corrected chi connectivity index (χ0v) is 9.77. The van der Waals surface area contributed by atoms with Gasteiger partial charge in [-0.15, -0.1) is 0 Å². The molecule has 1 unspecified atom stereocenters. The van der Waals surface area contributed by atoms with Gasteiger partial charge in [0.05, 0.1) is 0 Å². The Morgan fingerprint density at radius 3 is 2.54 bits per heavy atom. The van der Waals surface area contributed by atoms with Crippen molar-refractivity contribution in [3.63, 3.8) is 0 Å². The van der Waals surface area contributed by atoms with E-state index in [0.717, 1.165) is 19.1 Å². The summed E-state index contributed by atoms with van der Waals surface area (Å²) < 4.78 is 0.